The van der Waals surface area contributed by atoms with Gasteiger partial charge in [0.2, 0.25) is 5.91 Å². The third-order valence-corrected chi connectivity index (χ3v) is 7.64. The van der Waals surface area contributed by atoms with Crippen LogP contribution in [0.25, 0.3) is 0 Å². The summed E-state index contributed by atoms with van der Waals surface area (Å²) in [6.45, 7) is 7.35. The molecule has 0 radical (unpaired) electrons. The molecule has 0 aromatic heterocycles. The summed E-state index contributed by atoms with van der Waals surface area (Å²) in [6.07, 6.45) is 3.78. The summed E-state index contributed by atoms with van der Waals surface area (Å²) in [4.78, 5) is 15.4. The van der Waals surface area contributed by atoms with E-state index in [0.29, 0.717) is 11.5 Å². The molecule has 31 heavy (non-hydrogen) atoms. The van der Waals surface area contributed by atoms with Crippen molar-refractivity contribution in [2.45, 2.75) is 38.6 Å². The molecule has 4 aliphatic rings. The van der Waals surface area contributed by atoms with E-state index in [9.17, 15) is 4.79 Å². The Morgan fingerprint density at radius 1 is 1.29 bits per heavy atom. The van der Waals surface area contributed by atoms with Crippen molar-refractivity contribution in [3.05, 3.63) is 64.2 Å². The summed E-state index contributed by atoms with van der Waals surface area (Å²) < 4.78 is 0. The van der Waals surface area contributed by atoms with Gasteiger partial charge in [0.15, 0.2) is 0 Å². The number of hydrazone groups is 1. The van der Waals surface area contributed by atoms with Gasteiger partial charge in [-0.05, 0) is 79.5 Å². The van der Waals surface area contributed by atoms with E-state index in [4.69, 9.17) is 16.9 Å². The van der Waals surface area contributed by atoms with Gasteiger partial charge in [-0.3, -0.25) is 9.80 Å². The van der Waals surface area contributed by atoms with Crippen molar-refractivity contribution in [1.82, 2.24) is 4.90 Å². The Labute approximate surface area is 187 Å². The average molecular weight is 433 g/mol. The van der Waals surface area contributed by atoms with Crippen LogP contribution in [0.4, 0.5) is 5.69 Å². The molecular weight excluding hydrogens is 408 g/mol. The normalized spacial score (nSPS) is 27.9. The van der Waals surface area contributed by atoms with Gasteiger partial charge >= 0.3 is 0 Å². The average Bonchev–Trinajstić information content (AvgIpc) is 2.67. The predicted octanol–water partition coefficient (Wildman–Crippen LogP) is 5.09. The van der Waals surface area contributed by atoms with Crippen LogP contribution in [-0.4, -0.2) is 30.6 Å². The molecule has 1 heterocycles. The fourth-order valence-corrected chi connectivity index (χ4v) is 6.03. The molecule has 2 aromatic carbocycles. The van der Waals surface area contributed by atoms with E-state index in [1.807, 2.05) is 54.4 Å². The van der Waals surface area contributed by atoms with Crippen LogP contribution in [0, 0.1) is 29.1 Å². The van der Waals surface area contributed by atoms with Gasteiger partial charge in [-0.2, -0.15) is 10.4 Å². The number of carbonyl (C=O) groups excluding carboxylic acids is 1. The van der Waals surface area contributed by atoms with Crippen LogP contribution in [0.1, 0.15) is 48.4 Å². The van der Waals surface area contributed by atoms with Gasteiger partial charge in [-0.1, -0.05) is 23.7 Å². The minimum Gasteiger partial charge on any atom is -0.335 e. The Morgan fingerprint density at radius 3 is 2.55 bits per heavy atom. The van der Waals surface area contributed by atoms with Crippen molar-refractivity contribution in [2.24, 2.45) is 15.9 Å². The van der Waals surface area contributed by atoms with E-state index in [-0.39, 0.29) is 16.9 Å². The number of nitriles is 1. The van der Waals surface area contributed by atoms with Crippen LogP contribution in [0.3, 0.4) is 0 Å². The second-order valence-corrected chi connectivity index (χ2v) is 9.91. The number of anilines is 1. The predicted molar refractivity (Wildman–Crippen MR) is 122 cm³/mol. The zero-order valence-corrected chi connectivity index (χ0v) is 18.4. The smallest absolute Gasteiger partial charge is 0.229 e. The number of benzene rings is 2. The highest BCUT2D eigenvalue weighted by Gasteiger charge is 2.72. The number of aryl methyl sites for hydroxylation is 1. The molecule has 0 spiro atoms. The second kappa shape index (κ2) is 7.10. The SMILES string of the molecule is C=NN(CC12CC(C(=O)N3CCC3c3ccc(Cl)cc3)(C1)C2)c1ccc(C#N)cc1C. The van der Waals surface area contributed by atoms with Crippen LogP contribution in [-0.2, 0) is 4.79 Å². The van der Waals surface area contributed by atoms with Crippen molar-refractivity contribution in [2.75, 3.05) is 18.1 Å². The molecule has 6 rings (SSSR count). The Kier molecular flexibility index (Phi) is 4.60. The third kappa shape index (κ3) is 3.13. The minimum absolute atomic E-state index is 0.137. The lowest BCUT2D eigenvalue weighted by Gasteiger charge is -2.71. The second-order valence-electron chi connectivity index (χ2n) is 9.48. The lowest BCUT2D eigenvalue weighted by Crippen LogP contribution is -2.71. The molecule has 2 bridgehead atoms. The number of likely N-dealkylation sites (tertiary alicyclic amines) is 1. The van der Waals surface area contributed by atoms with Crippen LogP contribution in [0.15, 0.2) is 47.6 Å². The van der Waals surface area contributed by atoms with Gasteiger partial charge < -0.3 is 4.90 Å². The minimum atomic E-state index is -0.183. The van der Waals surface area contributed by atoms with E-state index >= 15 is 0 Å². The Morgan fingerprint density at radius 2 is 2.00 bits per heavy atom. The number of amides is 1. The first-order valence-corrected chi connectivity index (χ1v) is 11.1. The number of halogens is 1. The maximum absolute atomic E-state index is 13.3. The Hall–Kier alpha value is -2.84. The lowest BCUT2D eigenvalue weighted by atomic mass is 9.34. The van der Waals surface area contributed by atoms with E-state index < -0.39 is 0 Å². The summed E-state index contributed by atoms with van der Waals surface area (Å²) in [5.74, 6) is 0.313. The Bertz CT molecular complexity index is 1080. The summed E-state index contributed by atoms with van der Waals surface area (Å²) in [5, 5.41) is 16.0. The van der Waals surface area contributed by atoms with Crippen LogP contribution in [0.5, 0.6) is 0 Å². The molecule has 1 aliphatic heterocycles. The third-order valence-electron chi connectivity index (χ3n) is 7.39. The standard InChI is InChI=1S/C25H25ClN4O/c1-17-11-18(12-27)3-8-21(17)30(28-2)16-24-13-25(14-24,15-24)23(31)29-10-9-22(29)19-4-6-20(26)7-5-19/h3-8,11,22H,2,9-10,13-16H2,1H3. The summed E-state index contributed by atoms with van der Waals surface area (Å²) in [7, 11) is 0. The van der Waals surface area contributed by atoms with E-state index in [2.05, 4.69) is 22.8 Å². The van der Waals surface area contributed by atoms with Gasteiger partial charge in [-0.25, -0.2) is 0 Å². The molecule has 1 unspecified atom stereocenters. The Balaban J connectivity index is 1.24. The highest BCUT2D eigenvalue weighted by Crippen LogP contribution is 2.74. The molecule has 2 aromatic rings. The first-order chi connectivity index (χ1) is 14.9. The summed E-state index contributed by atoms with van der Waals surface area (Å²) >= 11 is 6.01. The van der Waals surface area contributed by atoms with Crippen molar-refractivity contribution in [3.8, 4) is 6.07 Å². The van der Waals surface area contributed by atoms with E-state index in [0.717, 1.165) is 55.0 Å². The largest absolute Gasteiger partial charge is 0.335 e. The number of rotatable bonds is 6. The fourth-order valence-electron chi connectivity index (χ4n) is 5.90. The fraction of sp³-hybridized carbons (Fsp3) is 0.400. The van der Waals surface area contributed by atoms with Crippen LogP contribution >= 0.6 is 11.6 Å². The number of carbonyl (C=O) groups is 1. The van der Waals surface area contributed by atoms with Crippen LogP contribution < -0.4 is 5.01 Å². The molecular formula is C25H25ClN4O. The first kappa shape index (κ1) is 20.1. The van der Waals surface area contributed by atoms with Gasteiger partial charge in [0.05, 0.1) is 28.8 Å². The molecule has 1 atom stereocenters. The maximum Gasteiger partial charge on any atom is 0.229 e. The van der Waals surface area contributed by atoms with Crippen molar-refractivity contribution >= 4 is 29.9 Å². The number of hydrogen-bond donors (Lipinski definition) is 0. The summed E-state index contributed by atoms with van der Waals surface area (Å²) in [5.41, 5.74) is 3.75. The van der Waals surface area contributed by atoms with Gasteiger partial charge in [0, 0.05) is 24.8 Å². The summed E-state index contributed by atoms with van der Waals surface area (Å²) in [6, 6.07) is 15.8. The number of nitrogens with zero attached hydrogens (tertiary/aromatic N) is 4. The van der Waals surface area contributed by atoms with Crippen LogP contribution in [0.2, 0.25) is 5.02 Å². The quantitative estimate of drug-likeness (QED) is 0.472. The monoisotopic (exact) mass is 432 g/mol. The lowest BCUT2D eigenvalue weighted by molar-refractivity contribution is -0.218. The van der Waals surface area contributed by atoms with Gasteiger partial charge in [0.25, 0.3) is 0 Å². The molecule has 1 saturated heterocycles. The molecule has 3 saturated carbocycles. The van der Waals surface area contributed by atoms with Crippen molar-refractivity contribution in [3.63, 3.8) is 0 Å². The molecule has 5 nitrogen and oxygen atoms in total. The van der Waals surface area contributed by atoms with Crippen molar-refractivity contribution in [1.29, 1.82) is 5.26 Å². The van der Waals surface area contributed by atoms with Crippen molar-refractivity contribution < 1.29 is 4.79 Å². The molecule has 158 valence electrons. The highest BCUT2D eigenvalue weighted by molar-refractivity contribution is 6.30. The number of hydrogen-bond acceptors (Lipinski definition) is 4. The highest BCUT2D eigenvalue weighted by atomic mass is 35.5. The van der Waals surface area contributed by atoms with Gasteiger partial charge in [-0.15, -0.1) is 0 Å². The molecule has 0 N–H and O–H groups in total. The molecule has 3 aliphatic carbocycles. The van der Waals surface area contributed by atoms with E-state index in [1.165, 1.54) is 5.56 Å². The topological polar surface area (TPSA) is 59.7 Å². The van der Waals surface area contributed by atoms with E-state index in [1.54, 1.807) is 0 Å². The molecule has 1 amide bonds. The zero-order chi connectivity index (χ0) is 21.8. The zero-order valence-electron chi connectivity index (χ0n) is 17.6. The van der Waals surface area contributed by atoms with Gasteiger partial charge in [0.1, 0.15) is 0 Å². The molecule has 4 fully saturated rings. The molecule has 6 heteroatoms. The first-order valence-electron chi connectivity index (χ1n) is 10.7. The maximum atomic E-state index is 13.3.